The van der Waals surface area contributed by atoms with Crippen molar-refractivity contribution in [2.75, 3.05) is 23.3 Å². The second-order valence-corrected chi connectivity index (χ2v) is 6.82. The average molecular weight is 419 g/mol. The molecule has 0 saturated carbocycles. The smallest absolute Gasteiger partial charge is 0.357 e. The van der Waals surface area contributed by atoms with Crippen molar-refractivity contribution in [3.8, 4) is 5.69 Å². The summed E-state index contributed by atoms with van der Waals surface area (Å²) in [6.45, 7) is 1.78. The fourth-order valence-corrected chi connectivity index (χ4v) is 3.39. The molecular formula is C20H17F4N5O. The normalized spacial score (nSPS) is 14.2. The van der Waals surface area contributed by atoms with Crippen molar-refractivity contribution in [2.45, 2.75) is 19.0 Å². The maximum Gasteiger partial charge on any atom is 0.434 e. The van der Waals surface area contributed by atoms with Crippen LogP contribution in [0.4, 0.5) is 29.1 Å². The van der Waals surface area contributed by atoms with Crippen molar-refractivity contribution in [2.24, 2.45) is 0 Å². The van der Waals surface area contributed by atoms with Gasteiger partial charge in [-0.2, -0.15) is 18.3 Å². The van der Waals surface area contributed by atoms with Crippen LogP contribution in [0.15, 0.2) is 48.8 Å². The molecule has 0 radical (unpaired) electrons. The minimum Gasteiger partial charge on any atom is -0.357 e. The van der Waals surface area contributed by atoms with Crippen LogP contribution in [0.1, 0.15) is 28.9 Å². The first-order valence-electron chi connectivity index (χ1n) is 9.27. The van der Waals surface area contributed by atoms with Gasteiger partial charge in [0, 0.05) is 13.1 Å². The Bertz CT molecular complexity index is 1060. The molecule has 3 aromatic rings. The van der Waals surface area contributed by atoms with Crippen LogP contribution in [0.3, 0.4) is 0 Å². The highest BCUT2D eigenvalue weighted by atomic mass is 19.4. The van der Waals surface area contributed by atoms with Gasteiger partial charge in [0.25, 0.3) is 5.91 Å². The molecule has 3 heterocycles. The van der Waals surface area contributed by atoms with E-state index in [4.69, 9.17) is 0 Å². The number of halogens is 4. The van der Waals surface area contributed by atoms with E-state index in [9.17, 15) is 22.4 Å². The molecule has 0 atom stereocenters. The lowest BCUT2D eigenvalue weighted by Crippen LogP contribution is -2.21. The highest BCUT2D eigenvalue weighted by molar-refractivity contribution is 6.05. The topological polar surface area (TPSA) is 63.1 Å². The van der Waals surface area contributed by atoms with Gasteiger partial charge in [-0.05, 0) is 37.1 Å². The third-order valence-corrected chi connectivity index (χ3v) is 4.80. The van der Waals surface area contributed by atoms with Crippen LogP contribution in [0, 0.1) is 5.82 Å². The number of nitrogens with one attached hydrogen (secondary N) is 1. The van der Waals surface area contributed by atoms with Crippen LogP contribution < -0.4 is 10.2 Å². The van der Waals surface area contributed by atoms with Gasteiger partial charge in [-0.1, -0.05) is 12.1 Å². The minimum absolute atomic E-state index is 0.245. The molecule has 156 valence electrons. The number of hydrogen-bond donors (Lipinski definition) is 1. The monoisotopic (exact) mass is 419 g/mol. The fourth-order valence-electron chi connectivity index (χ4n) is 3.39. The maximum absolute atomic E-state index is 14.0. The zero-order valence-electron chi connectivity index (χ0n) is 15.7. The molecule has 6 nitrogen and oxygen atoms in total. The molecule has 30 heavy (non-hydrogen) atoms. The Morgan fingerprint density at radius 1 is 1.03 bits per heavy atom. The zero-order chi connectivity index (χ0) is 21.3. The Hall–Kier alpha value is -3.43. The number of anilines is 2. The Morgan fingerprint density at radius 2 is 1.77 bits per heavy atom. The van der Waals surface area contributed by atoms with Crippen molar-refractivity contribution in [1.82, 2.24) is 14.8 Å². The van der Waals surface area contributed by atoms with Crippen LogP contribution in [0.5, 0.6) is 0 Å². The van der Waals surface area contributed by atoms with Crippen molar-refractivity contribution in [3.63, 3.8) is 0 Å². The van der Waals surface area contributed by atoms with Gasteiger partial charge in [0.15, 0.2) is 5.69 Å². The number of para-hydroxylation sites is 1. The Balaban J connectivity index is 1.62. The highest BCUT2D eigenvalue weighted by Crippen LogP contribution is 2.34. The number of hydrogen-bond acceptors (Lipinski definition) is 4. The van der Waals surface area contributed by atoms with Crippen LogP contribution in [0.2, 0.25) is 0 Å². The SMILES string of the molecule is O=C(Nc1ccc(N2CCCC2)nc1)c1cnn(-c2ccccc2F)c1C(F)(F)F. The van der Waals surface area contributed by atoms with Crippen LogP contribution in [0.25, 0.3) is 5.69 Å². The fraction of sp³-hybridized carbons (Fsp3) is 0.250. The molecule has 1 aliphatic heterocycles. The van der Waals surface area contributed by atoms with Crippen LogP contribution in [-0.2, 0) is 6.18 Å². The molecule has 0 spiro atoms. The first-order chi connectivity index (χ1) is 14.3. The first-order valence-corrected chi connectivity index (χ1v) is 9.27. The number of carbonyl (C=O) groups excluding carboxylic acids is 1. The molecule has 10 heteroatoms. The van der Waals surface area contributed by atoms with E-state index in [1.165, 1.54) is 18.3 Å². The predicted octanol–water partition coefficient (Wildman–Crippen LogP) is 4.28. The molecule has 4 rings (SSSR count). The van der Waals surface area contributed by atoms with E-state index in [1.807, 2.05) is 0 Å². The van der Waals surface area contributed by atoms with Gasteiger partial charge in [0.1, 0.15) is 17.3 Å². The van der Waals surface area contributed by atoms with E-state index in [-0.39, 0.29) is 5.69 Å². The number of aromatic nitrogens is 3. The summed E-state index contributed by atoms with van der Waals surface area (Å²) >= 11 is 0. The third kappa shape index (κ3) is 3.85. The van der Waals surface area contributed by atoms with Gasteiger partial charge in [0.2, 0.25) is 0 Å². The molecule has 1 aromatic carbocycles. The summed E-state index contributed by atoms with van der Waals surface area (Å²) < 4.78 is 55.5. The van der Waals surface area contributed by atoms with Gasteiger partial charge < -0.3 is 10.2 Å². The van der Waals surface area contributed by atoms with E-state index in [2.05, 4.69) is 20.3 Å². The summed E-state index contributed by atoms with van der Waals surface area (Å²) in [6.07, 6.45) is -0.612. The molecule has 0 aliphatic carbocycles. The standard InChI is InChI=1S/C20H17F4N5O/c21-15-5-1-2-6-16(15)29-18(20(22,23)24)14(12-26-29)19(30)27-13-7-8-17(25-11-13)28-9-3-4-10-28/h1-2,5-8,11-12H,3-4,9-10H2,(H,27,30). The maximum atomic E-state index is 14.0. The number of rotatable bonds is 4. The van der Waals surface area contributed by atoms with Crippen molar-refractivity contribution in [3.05, 3.63) is 65.9 Å². The van der Waals surface area contributed by atoms with E-state index >= 15 is 0 Å². The lowest BCUT2D eigenvalue weighted by Gasteiger charge is -2.16. The number of alkyl halides is 3. The number of amides is 1. The quantitative estimate of drug-likeness (QED) is 0.642. The van der Waals surface area contributed by atoms with Gasteiger partial charge >= 0.3 is 6.18 Å². The molecule has 1 N–H and O–H groups in total. The molecule has 0 unspecified atom stereocenters. The summed E-state index contributed by atoms with van der Waals surface area (Å²) in [5.74, 6) is -1.16. The van der Waals surface area contributed by atoms with Crippen molar-refractivity contribution < 1.29 is 22.4 Å². The lowest BCUT2D eigenvalue weighted by molar-refractivity contribution is -0.143. The second kappa shape index (κ2) is 7.77. The Labute approximate surface area is 169 Å². The number of benzene rings is 1. The van der Waals surface area contributed by atoms with Crippen molar-refractivity contribution in [1.29, 1.82) is 0 Å². The third-order valence-electron chi connectivity index (χ3n) is 4.80. The number of nitrogens with zero attached hydrogens (tertiary/aromatic N) is 4. The molecule has 1 aliphatic rings. The van der Waals surface area contributed by atoms with Gasteiger partial charge in [-0.15, -0.1) is 0 Å². The van der Waals surface area contributed by atoms with E-state index in [0.29, 0.717) is 4.68 Å². The lowest BCUT2D eigenvalue weighted by atomic mass is 10.2. The zero-order valence-corrected chi connectivity index (χ0v) is 15.7. The Kier molecular flexibility index (Phi) is 5.15. The Morgan fingerprint density at radius 3 is 2.40 bits per heavy atom. The number of pyridine rings is 1. The highest BCUT2D eigenvalue weighted by Gasteiger charge is 2.41. The summed E-state index contributed by atoms with van der Waals surface area (Å²) in [7, 11) is 0. The summed E-state index contributed by atoms with van der Waals surface area (Å²) in [6, 6.07) is 8.18. The van der Waals surface area contributed by atoms with E-state index in [0.717, 1.165) is 50.1 Å². The largest absolute Gasteiger partial charge is 0.434 e. The van der Waals surface area contributed by atoms with Crippen LogP contribution in [-0.4, -0.2) is 33.8 Å². The summed E-state index contributed by atoms with van der Waals surface area (Å²) in [5, 5.41) is 6.02. The van der Waals surface area contributed by atoms with E-state index in [1.54, 1.807) is 12.1 Å². The second-order valence-electron chi connectivity index (χ2n) is 6.82. The predicted molar refractivity (Wildman–Crippen MR) is 102 cm³/mol. The summed E-state index contributed by atoms with van der Waals surface area (Å²) in [5.41, 5.74) is -2.23. The van der Waals surface area contributed by atoms with E-state index < -0.39 is 34.8 Å². The van der Waals surface area contributed by atoms with Crippen LogP contribution >= 0.6 is 0 Å². The van der Waals surface area contributed by atoms with Gasteiger partial charge in [0.05, 0.1) is 23.6 Å². The first kappa shape index (κ1) is 19.9. The molecular weight excluding hydrogens is 402 g/mol. The minimum atomic E-state index is -4.93. The molecule has 1 fully saturated rings. The number of carbonyl (C=O) groups is 1. The molecule has 1 amide bonds. The average Bonchev–Trinajstić information content (AvgIpc) is 3.39. The molecule has 2 aromatic heterocycles. The van der Waals surface area contributed by atoms with Crippen molar-refractivity contribution >= 4 is 17.4 Å². The molecule has 0 bridgehead atoms. The van der Waals surface area contributed by atoms with Gasteiger partial charge in [-0.25, -0.2) is 14.1 Å². The van der Waals surface area contributed by atoms with Gasteiger partial charge in [-0.3, -0.25) is 4.79 Å². The summed E-state index contributed by atoms with van der Waals surface area (Å²) in [4.78, 5) is 18.9. The molecule has 1 saturated heterocycles.